The van der Waals surface area contributed by atoms with Crippen LogP contribution in [0.1, 0.15) is 52.7 Å². The van der Waals surface area contributed by atoms with E-state index in [-0.39, 0.29) is 29.8 Å². The molecule has 6 nitrogen and oxygen atoms in total. The van der Waals surface area contributed by atoms with Crippen molar-refractivity contribution in [1.29, 1.82) is 0 Å². The van der Waals surface area contributed by atoms with E-state index < -0.39 is 0 Å². The summed E-state index contributed by atoms with van der Waals surface area (Å²) in [5, 5.41) is 0. The fourth-order valence-electron chi connectivity index (χ4n) is 6.24. The fraction of sp³-hybridized carbons (Fsp3) is 0.353. The van der Waals surface area contributed by atoms with Gasteiger partial charge in [-0.3, -0.25) is 9.59 Å². The Morgan fingerprint density at radius 2 is 1.68 bits per heavy atom. The number of morpholine rings is 1. The Bertz CT molecular complexity index is 1430. The highest BCUT2D eigenvalue weighted by Gasteiger charge is 2.41. The molecule has 7 heteroatoms. The first-order valence-electron chi connectivity index (χ1n) is 14.6. The summed E-state index contributed by atoms with van der Waals surface area (Å²) in [4.78, 5) is 32.9. The van der Waals surface area contributed by atoms with Crippen LogP contribution in [-0.2, 0) is 16.1 Å². The number of amides is 2. The van der Waals surface area contributed by atoms with E-state index in [9.17, 15) is 14.0 Å². The number of nitrogens with zero attached hydrogens (tertiary/aromatic N) is 3. The smallest absolute Gasteiger partial charge is 0.289 e. The molecule has 2 aliphatic heterocycles. The summed E-state index contributed by atoms with van der Waals surface area (Å²) < 4.78 is 19.6. The van der Waals surface area contributed by atoms with Gasteiger partial charge in [0.2, 0.25) is 0 Å². The van der Waals surface area contributed by atoms with Crippen LogP contribution in [0.2, 0.25) is 0 Å². The second-order valence-electron chi connectivity index (χ2n) is 11.3. The largest absolute Gasteiger partial charge is 0.482 e. The Morgan fingerprint density at radius 3 is 2.41 bits per heavy atom. The maximum absolute atomic E-state index is 13.7. The molecule has 3 aliphatic rings. The van der Waals surface area contributed by atoms with Gasteiger partial charge in [-0.05, 0) is 79.8 Å². The van der Waals surface area contributed by atoms with Crippen LogP contribution in [0.4, 0.5) is 10.1 Å². The third-order valence-corrected chi connectivity index (χ3v) is 8.47. The van der Waals surface area contributed by atoms with Crippen molar-refractivity contribution in [2.45, 2.75) is 51.3 Å². The van der Waals surface area contributed by atoms with E-state index in [1.807, 2.05) is 46.2 Å². The minimum atomic E-state index is -0.251. The highest BCUT2D eigenvalue weighted by atomic mass is 19.1. The monoisotopic (exact) mass is 553 g/mol. The van der Waals surface area contributed by atoms with Gasteiger partial charge in [-0.15, -0.1) is 0 Å². The first kappa shape index (κ1) is 27.1. The predicted molar refractivity (Wildman–Crippen MR) is 158 cm³/mol. The first-order valence-corrected chi connectivity index (χ1v) is 14.6. The third kappa shape index (κ3) is 5.99. The lowest BCUT2D eigenvalue weighted by atomic mass is 9.89. The third-order valence-electron chi connectivity index (χ3n) is 8.47. The molecule has 2 atom stereocenters. The van der Waals surface area contributed by atoms with E-state index in [0.717, 1.165) is 42.5 Å². The van der Waals surface area contributed by atoms with Gasteiger partial charge in [0, 0.05) is 44.0 Å². The molecule has 0 radical (unpaired) electrons. The zero-order chi connectivity index (χ0) is 28.3. The van der Waals surface area contributed by atoms with Crippen LogP contribution in [0.25, 0.3) is 6.08 Å². The summed E-state index contributed by atoms with van der Waals surface area (Å²) in [6, 6.07) is 22.3. The van der Waals surface area contributed by atoms with Crippen LogP contribution in [0.15, 0.2) is 78.6 Å². The lowest BCUT2D eigenvalue weighted by Crippen LogP contribution is -2.54. The normalized spacial score (nSPS) is 22.0. The van der Waals surface area contributed by atoms with Gasteiger partial charge in [-0.1, -0.05) is 48.4 Å². The number of carbonyl (C=O) groups is 2. The van der Waals surface area contributed by atoms with Crippen molar-refractivity contribution in [3.8, 4) is 0 Å². The second kappa shape index (κ2) is 11.8. The van der Waals surface area contributed by atoms with Gasteiger partial charge in [0.25, 0.3) is 11.8 Å². The molecule has 0 N–H and O–H groups in total. The van der Waals surface area contributed by atoms with Crippen LogP contribution in [-0.4, -0.2) is 59.9 Å². The van der Waals surface area contributed by atoms with Gasteiger partial charge in [-0.25, -0.2) is 4.39 Å². The summed E-state index contributed by atoms with van der Waals surface area (Å²) in [5.41, 5.74) is 4.73. The van der Waals surface area contributed by atoms with Crippen molar-refractivity contribution < 1.29 is 18.7 Å². The topological polar surface area (TPSA) is 53.1 Å². The van der Waals surface area contributed by atoms with Gasteiger partial charge in [0.05, 0.1) is 6.04 Å². The molecule has 2 unspecified atom stereocenters. The van der Waals surface area contributed by atoms with Crippen molar-refractivity contribution >= 4 is 23.6 Å². The van der Waals surface area contributed by atoms with E-state index in [4.69, 9.17) is 4.74 Å². The van der Waals surface area contributed by atoms with Gasteiger partial charge >= 0.3 is 0 Å². The van der Waals surface area contributed by atoms with Crippen molar-refractivity contribution in [3.63, 3.8) is 0 Å². The van der Waals surface area contributed by atoms with Crippen molar-refractivity contribution in [1.82, 2.24) is 9.80 Å². The second-order valence-corrected chi connectivity index (χ2v) is 11.3. The number of hydrogen-bond acceptors (Lipinski definition) is 4. The van der Waals surface area contributed by atoms with Crippen molar-refractivity contribution in [3.05, 3.63) is 107 Å². The van der Waals surface area contributed by atoms with Crippen LogP contribution >= 0.6 is 0 Å². The molecule has 3 fully saturated rings. The molecule has 212 valence electrons. The van der Waals surface area contributed by atoms with Gasteiger partial charge < -0.3 is 19.4 Å². The summed E-state index contributed by atoms with van der Waals surface area (Å²) in [5.74, 6) is 0.0341. The number of fused-ring (bicyclic) bond motifs is 1. The number of carbonyl (C=O) groups excluding carboxylic acids is 2. The highest BCUT2D eigenvalue weighted by molar-refractivity contribution is 5.97. The first-order chi connectivity index (χ1) is 19.9. The van der Waals surface area contributed by atoms with Crippen molar-refractivity contribution in [2.75, 3.05) is 31.1 Å². The number of rotatable bonds is 5. The van der Waals surface area contributed by atoms with Crippen molar-refractivity contribution in [2.24, 2.45) is 0 Å². The molecular formula is C34H36FN3O3. The summed E-state index contributed by atoms with van der Waals surface area (Å²) in [6.45, 7) is 5.24. The Kier molecular flexibility index (Phi) is 7.77. The Morgan fingerprint density at radius 1 is 0.951 bits per heavy atom. The molecule has 6 rings (SSSR count). The number of hydrogen-bond donors (Lipinski definition) is 0. The molecule has 2 heterocycles. The Labute approximate surface area is 241 Å². The zero-order valence-corrected chi connectivity index (χ0v) is 23.5. The number of benzene rings is 3. The number of aryl methyl sites for hydroxylation is 1. The number of halogens is 1. The van der Waals surface area contributed by atoms with Gasteiger partial charge in [-0.2, -0.15) is 0 Å². The fourth-order valence-corrected chi connectivity index (χ4v) is 6.24. The summed E-state index contributed by atoms with van der Waals surface area (Å²) >= 11 is 0. The molecule has 0 bridgehead atoms. The minimum Gasteiger partial charge on any atom is -0.482 e. The van der Waals surface area contributed by atoms with E-state index in [2.05, 4.69) is 30.0 Å². The maximum Gasteiger partial charge on any atom is 0.289 e. The predicted octanol–water partition coefficient (Wildman–Crippen LogP) is 5.81. The molecule has 0 aromatic heterocycles. The van der Waals surface area contributed by atoms with E-state index in [1.54, 1.807) is 12.1 Å². The molecule has 2 saturated heterocycles. The van der Waals surface area contributed by atoms with Crippen LogP contribution in [0.5, 0.6) is 0 Å². The molecular weight excluding hydrogens is 517 g/mol. The summed E-state index contributed by atoms with van der Waals surface area (Å²) in [6.07, 6.45) is 5.94. The minimum absolute atomic E-state index is 0.00642. The quantitative estimate of drug-likeness (QED) is 0.375. The van der Waals surface area contributed by atoms with E-state index in [1.165, 1.54) is 17.7 Å². The molecule has 41 heavy (non-hydrogen) atoms. The van der Waals surface area contributed by atoms with Crippen LogP contribution < -0.4 is 4.90 Å². The van der Waals surface area contributed by atoms with Gasteiger partial charge in [0.15, 0.2) is 5.76 Å². The van der Waals surface area contributed by atoms with Crippen LogP contribution in [0, 0.1) is 12.7 Å². The lowest BCUT2D eigenvalue weighted by molar-refractivity contribution is -0.149. The zero-order valence-electron chi connectivity index (χ0n) is 23.5. The molecule has 1 saturated carbocycles. The Hall–Kier alpha value is -4.13. The number of ether oxygens (including phenoxy) is 1. The number of anilines is 1. The maximum atomic E-state index is 13.7. The molecule has 3 aromatic carbocycles. The van der Waals surface area contributed by atoms with Gasteiger partial charge in [0.1, 0.15) is 11.9 Å². The highest BCUT2D eigenvalue weighted by Crippen LogP contribution is 2.34. The summed E-state index contributed by atoms with van der Waals surface area (Å²) in [7, 11) is 0. The number of piperazine rings is 1. The average Bonchev–Trinajstić information content (AvgIpc) is 3.00. The molecule has 2 amide bonds. The lowest BCUT2D eigenvalue weighted by Gasteiger charge is -2.44. The van der Waals surface area contributed by atoms with Crippen LogP contribution in [0.3, 0.4) is 0 Å². The molecule has 3 aromatic rings. The molecule has 1 aliphatic carbocycles. The standard InChI is InChI=1S/C34H36FN3O3/c1-24-5-4-6-26(21-24)23-38-30-7-2-3-8-31(30)41-32(34(38)40)22-25-9-11-27(12-10-25)33(39)37-19-17-36(18-20-37)29-15-13-28(35)14-16-29/h4-6,9-16,21-22,30-31H,2-3,7-8,17-20,23H2,1H3/b32-22+. The SMILES string of the molecule is Cc1cccc(CN2C(=O)/C(=C\c3ccc(C(=O)N4CCN(c5ccc(F)cc5)CC4)cc3)OC3CCCCC32)c1. The average molecular weight is 554 g/mol. The van der Waals surface area contributed by atoms with E-state index >= 15 is 0 Å². The molecule has 0 spiro atoms. The van der Waals surface area contributed by atoms with E-state index in [0.29, 0.717) is 44.0 Å². The Balaban J connectivity index is 1.13.